The van der Waals surface area contributed by atoms with Crippen LogP contribution in [0.25, 0.3) is 0 Å². The Hall–Kier alpha value is -3.91. The lowest BCUT2D eigenvalue weighted by Crippen LogP contribution is -2.50. The Kier molecular flexibility index (Phi) is 11.9. The number of unbranched alkanes of at least 4 members (excludes halogenated alkanes) is 1. The van der Waals surface area contributed by atoms with Crippen LogP contribution < -0.4 is 26.6 Å². The minimum atomic E-state index is -3.92. The first-order chi connectivity index (χ1) is 19.1. The molecule has 2 aromatic rings. The molecule has 14 heteroatoms. The van der Waals surface area contributed by atoms with Crippen molar-refractivity contribution in [1.29, 1.82) is 0 Å². The Morgan fingerprint density at radius 1 is 1.07 bits per heavy atom. The van der Waals surface area contributed by atoms with Crippen molar-refractivity contribution in [2.75, 3.05) is 11.3 Å². The number of benzene rings is 1. The summed E-state index contributed by atoms with van der Waals surface area (Å²) in [6, 6.07) is 10.2. The van der Waals surface area contributed by atoms with Gasteiger partial charge in [-0.05, 0) is 64.7 Å². The maximum Gasteiger partial charge on any atom is 0.407 e. The zero-order chi connectivity index (χ0) is 30.8. The molecule has 0 saturated carbocycles. The quantitative estimate of drug-likeness (QED) is 0.201. The highest BCUT2D eigenvalue weighted by Gasteiger charge is 2.26. The number of aromatic nitrogens is 1. The number of nitrogens with one attached hydrogen (secondary N) is 3. The Labute approximate surface area is 239 Å². The minimum absolute atomic E-state index is 0.152. The number of primary amides is 1. The van der Waals surface area contributed by atoms with Crippen molar-refractivity contribution < 1.29 is 32.6 Å². The van der Waals surface area contributed by atoms with Crippen molar-refractivity contribution in [3.8, 4) is 0 Å². The third-order valence-corrected chi connectivity index (χ3v) is 7.03. The number of hydrogen-bond donors (Lipinski definition) is 5. The van der Waals surface area contributed by atoms with Crippen molar-refractivity contribution in [2.24, 2.45) is 5.73 Å². The Morgan fingerprint density at radius 3 is 2.34 bits per heavy atom. The fourth-order valence-corrected chi connectivity index (χ4v) is 5.03. The van der Waals surface area contributed by atoms with Crippen LogP contribution in [0.2, 0.25) is 0 Å². The van der Waals surface area contributed by atoms with Gasteiger partial charge in [-0.15, -0.1) is 0 Å². The second kappa shape index (κ2) is 14.6. The van der Waals surface area contributed by atoms with E-state index in [1.165, 1.54) is 12.1 Å². The number of aryl methyl sites for hydroxylation is 1. The molecule has 0 spiro atoms. The third kappa shape index (κ3) is 11.6. The molecule has 41 heavy (non-hydrogen) atoms. The molecule has 226 valence electrons. The van der Waals surface area contributed by atoms with E-state index in [1.807, 2.05) is 0 Å². The number of carbonyl (C=O) groups excluding carboxylic acids is 3. The second-order valence-electron chi connectivity index (χ2n) is 10.6. The van der Waals surface area contributed by atoms with E-state index in [4.69, 9.17) is 10.5 Å². The molecule has 6 N–H and O–H groups in total. The summed E-state index contributed by atoms with van der Waals surface area (Å²) in [6.07, 6.45) is -1.25. The number of pyridine rings is 1. The van der Waals surface area contributed by atoms with Crippen LogP contribution in [0.3, 0.4) is 0 Å². The lowest BCUT2D eigenvalue weighted by atomic mass is 10.0. The Morgan fingerprint density at radius 2 is 1.73 bits per heavy atom. The van der Waals surface area contributed by atoms with Gasteiger partial charge < -0.3 is 30.8 Å². The fourth-order valence-electron chi connectivity index (χ4n) is 3.84. The molecule has 2 atom stereocenters. The molecule has 0 saturated heterocycles. The lowest BCUT2D eigenvalue weighted by Gasteiger charge is -2.23. The summed E-state index contributed by atoms with van der Waals surface area (Å²) < 4.78 is 33.8. The predicted molar refractivity (Wildman–Crippen MR) is 153 cm³/mol. The van der Waals surface area contributed by atoms with Gasteiger partial charge in [0, 0.05) is 12.2 Å². The Balaban J connectivity index is 2.04. The first-order valence-electron chi connectivity index (χ1n) is 13.1. The number of sulfonamides is 1. The van der Waals surface area contributed by atoms with Gasteiger partial charge >= 0.3 is 6.09 Å². The Bertz CT molecular complexity index is 1370. The molecule has 2 rings (SSSR count). The van der Waals surface area contributed by atoms with Gasteiger partial charge in [-0.3, -0.25) is 19.1 Å². The molecule has 0 aliphatic heterocycles. The zero-order valence-corrected chi connectivity index (χ0v) is 24.5. The van der Waals surface area contributed by atoms with Crippen molar-refractivity contribution in [3.05, 3.63) is 64.1 Å². The molecule has 3 amide bonds. The van der Waals surface area contributed by atoms with Crippen molar-refractivity contribution in [3.63, 3.8) is 0 Å². The summed E-state index contributed by atoms with van der Waals surface area (Å²) in [5, 5.41) is 15.4. The molecular formula is C27H39N5O8S. The van der Waals surface area contributed by atoms with E-state index in [1.54, 1.807) is 58.0 Å². The summed E-state index contributed by atoms with van der Waals surface area (Å²) >= 11 is 0. The highest BCUT2D eigenvalue weighted by molar-refractivity contribution is 7.91. The van der Waals surface area contributed by atoms with Crippen LogP contribution >= 0.6 is 0 Å². The number of ether oxygens (including phenoxy) is 1. The van der Waals surface area contributed by atoms with Gasteiger partial charge in [-0.1, -0.05) is 30.3 Å². The number of rotatable bonds is 14. The molecule has 1 unspecified atom stereocenters. The van der Waals surface area contributed by atoms with Crippen LogP contribution in [0.1, 0.15) is 51.3 Å². The summed E-state index contributed by atoms with van der Waals surface area (Å²) in [6.45, 7) is 6.55. The number of nitrogens with zero attached hydrogens (tertiary/aromatic N) is 1. The number of aliphatic hydroxyl groups excluding tert-OH is 1. The first-order valence-corrected chi connectivity index (χ1v) is 14.7. The fraction of sp³-hybridized carbons (Fsp3) is 0.481. The molecular weight excluding hydrogens is 554 g/mol. The summed E-state index contributed by atoms with van der Waals surface area (Å²) in [5.74, 6) is -2.08. The average molecular weight is 594 g/mol. The zero-order valence-electron chi connectivity index (χ0n) is 23.7. The van der Waals surface area contributed by atoms with E-state index >= 15 is 0 Å². The summed E-state index contributed by atoms with van der Waals surface area (Å²) in [5.41, 5.74) is 4.55. The smallest absolute Gasteiger partial charge is 0.407 e. The standard InChI is InChI=1S/C27H39N5O8S/c1-18-13-14-21(31-41(38,39)17-19-10-6-5-7-11-19)25(36)32(18)16-22(33)30-20(23(34)24(28)35)12-8-9-15-29-26(37)40-27(2,3)4/h5-7,10-11,13-14,20,23,31,34H,8-9,12,15-17H2,1-4H3,(H2,28,35)(H,29,37)(H,30,33)/t20-,23?/m0/s1. The van der Waals surface area contributed by atoms with Crippen LogP contribution in [-0.2, 0) is 36.6 Å². The van der Waals surface area contributed by atoms with E-state index in [9.17, 15) is 32.7 Å². The molecule has 0 bridgehead atoms. The predicted octanol–water partition coefficient (Wildman–Crippen LogP) is 1.12. The van der Waals surface area contributed by atoms with E-state index in [2.05, 4.69) is 15.4 Å². The summed E-state index contributed by atoms with van der Waals surface area (Å²) in [4.78, 5) is 49.3. The van der Waals surface area contributed by atoms with Crippen LogP contribution in [0, 0.1) is 6.92 Å². The van der Waals surface area contributed by atoms with E-state index in [0.717, 1.165) is 4.57 Å². The van der Waals surface area contributed by atoms with Crippen LogP contribution in [0.5, 0.6) is 0 Å². The van der Waals surface area contributed by atoms with Crippen LogP contribution in [0.15, 0.2) is 47.3 Å². The van der Waals surface area contributed by atoms with Crippen molar-refractivity contribution in [1.82, 2.24) is 15.2 Å². The minimum Gasteiger partial charge on any atom is -0.444 e. The molecule has 0 aliphatic carbocycles. The molecule has 0 fully saturated rings. The largest absolute Gasteiger partial charge is 0.444 e. The topological polar surface area (TPSA) is 199 Å². The van der Waals surface area contributed by atoms with Crippen molar-refractivity contribution in [2.45, 2.75) is 77.0 Å². The molecule has 0 radical (unpaired) electrons. The molecule has 13 nitrogen and oxygen atoms in total. The maximum atomic E-state index is 13.1. The van der Waals surface area contributed by atoms with E-state index in [0.29, 0.717) is 24.1 Å². The van der Waals surface area contributed by atoms with E-state index < -0.39 is 57.8 Å². The van der Waals surface area contributed by atoms with Crippen LogP contribution in [0.4, 0.5) is 10.5 Å². The number of anilines is 1. The third-order valence-electron chi connectivity index (χ3n) is 5.79. The van der Waals surface area contributed by atoms with Crippen LogP contribution in [-0.4, -0.2) is 60.3 Å². The first kappa shape index (κ1) is 33.3. The number of carbonyl (C=O) groups is 3. The van der Waals surface area contributed by atoms with Gasteiger partial charge in [0.15, 0.2) is 6.10 Å². The number of amides is 3. The second-order valence-corrected chi connectivity index (χ2v) is 12.3. The SMILES string of the molecule is Cc1ccc(NS(=O)(=O)Cc2ccccc2)c(=O)n1CC(=O)N[C@@H](CCCCNC(=O)OC(C)(C)C)C(O)C(N)=O. The number of hydrogen-bond acceptors (Lipinski definition) is 8. The van der Waals surface area contributed by atoms with Gasteiger partial charge in [0.2, 0.25) is 21.8 Å². The highest BCUT2D eigenvalue weighted by Crippen LogP contribution is 2.12. The van der Waals surface area contributed by atoms with Gasteiger partial charge in [0.05, 0.1) is 11.8 Å². The maximum absolute atomic E-state index is 13.1. The molecule has 1 aromatic heterocycles. The van der Waals surface area contributed by atoms with Gasteiger partial charge in [0.1, 0.15) is 17.8 Å². The number of nitrogens with two attached hydrogens (primary N) is 1. The normalized spacial score (nSPS) is 13.1. The highest BCUT2D eigenvalue weighted by atomic mass is 32.2. The monoisotopic (exact) mass is 593 g/mol. The number of aliphatic hydroxyl groups is 1. The molecule has 1 heterocycles. The van der Waals surface area contributed by atoms with Gasteiger partial charge in [-0.25, -0.2) is 13.2 Å². The number of alkyl carbamates (subject to hydrolysis) is 1. The lowest BCUT2D eigenvalue weighted by molar-refractivity contribution is -0.129. The average Bonchev–Trinajstić information content (AvgIpc) is 2.86. The molecule has 1 aromatic carbocycles. The van der Waals surface area contributed by atoms with Gasteiger partial charge in [-0.2, -0.15) is 0 Å². The van der Waals surface area contributed by atoms with Gasteiger partial charge in [0.25, 0.3) is 5.56 Å². The summed E-state index contributed by atoms with van der Waals surface area (Å²) in [7, 11) is -3.92. The molecule has 0 aliphatic rings. The van der Waals surface area contributed by atoms with E-state index in [-0.39, 0.29) is 24.4 Å². The van der Waals surface area contributed by atoms with Crippen molar-refractivity contribution >= 4 is 33.6 Å².